The molecule has 1 amide bonds. The first-order chi connectivity index (χ1) is 6.11. The van der Waals surface area contributed by atoms with Gasteiger partial charge in [0.1, 0.15) is 6.54 Å². The van der Waals surface area contributed by atoms with E-state index < -0.39 is 18.4 Å². The Kier molecular flexibility index (Phi) is 2.43. The average Bonchev–Trinajstić information content (AvgIpc) is 2.47. The fraction of sp³-hybridized carbons (Fsp3) is 0.200. The minimum absolute atomic E-state index is 0.178. The topological polar surface area (TPSA) is 131 Å². The van der Waals surface area contributed by atoms with Crippen LogP contribution in [0.1, 0.15) is 10.5 Å². The van der Waals surface area contributed by atoms with Crippen molar-refractivity contribution in [2.75, 3.05) is 12.3 Å². The first-order valence-electron chi connectivity index (χ1n) is 3.19. The number of nitrogens with zero attached hydrogens (tertiary/aromatic N) is 2. The van der Waals surface area contributed by atoms with Crippen LogP contribution in [-0.4, -0.2) is 33.8 Å². The molecule has 8 nitrogen and oxygen atoms in total. The van der Waals surface area contributed by atoms with Crippen LogP contribution in [-0.2, 0) is 4.79 Å². The lowest BCUT2D eigenvalue weighted by atomic mass is 10.4. The molecule has 70 valence electrons. The summed E-state index contributed by atoms with van der Waals surface area (Å²) in [5.41, 5.74) is 4.95. The van der Waals surface area contributed by atoms with Gasteiger partial charge in [0.05, 0.1) is 0 Å². The van der Waals surface area contributed by atoms with Crippen molar-refractivity contribution in [2.45, 2.75) is 0 Å². The van der Waals surface area contributed by atoms with E-state index >= 15 is 0 Å². The SMILES string of the molecule is Nc1nonc1C(=O)NCC(=O)O. The van der Waals surface area contributed by atoms with E-state index in [1.54, 1.807) is 0 Å². The Hall–Kier alpha value is -2.12. The third-order valence-corrected chi connectivity index (χ3v) is 1.13. The average molecular weight is 186 g/mol. The molecular formula is C5H6N4O4. The van der Waals surface area contributed by atoms with Gasteiger partial charge in [0.25, 0.3) is 5.91 Å². The zero-order valence-corrected chi connectivity index (χ0v) is 6.35. The molecule has 0 saturated carbocycles. The van der Waals surface area contributed by atoms with Crippen molar-refractivity contribution in [3.63, 3.8) is 0 Å². The van der Waals surface area contributed by atoms with Gasteiger partial charge in [-0.3, -0.25) is 9.59 Å². The standard InChI is InChI=1S/C5H6N4O4/c6-4-3(8-13-9-4)5(12)7-1-2(10)11/h1H2,(H2,6,9)(H,7,12)(H,10,11). The fourth-order valence-electron chi connectivity index (χ4n) is 0.593. The van der Waals surface area contributed by atoms with Crippen LogP contribution in [0.2, 0.25) is 0 Å². The molecule has 1 aromatic rings. The van der Waals surface area contributed by atoms with E-state index in [2.05, 4.69) is 14.9 Å². The fourth-order valence-corrected chi connectivity index (χ4v) is 0.593. The first kappa shape index (κ1) is 8.97. The van der Waals surface area contributed by atoms with Gasteiger partial charge in [0.2, 0.25) is 11.5 Å². The summed E-state index contributed by atoms with van der Waals surface area (Å²) in [6.07, 6.45) is 0. The second-order valence-electron chi connectivity index (χ2n) is 2.07. The van der Waals surface area contributed by atoms with Crippen molar-refractivity contribution in [1.82, 2.24) is 15.6 Å². The molecule has 0 atom stereocenters. The quantitative estimate of drug-likeness (QED) is 0.521. The highest BCUT2D eigenvalue weighted by Gasteiger charge is 2.15. The van der Waals surface area contributed by atoms with Gasteiger partial charge in [-0.1, -0.05) is 0 Å². The number of carboxylic acid groups (broad SMARTS) is 1. The Bertz CT molecular complexity index is 333. The molecule has 0 spiro atoms. The third kappa shape index (κ3) is 2.15. The van der Waals surface area contributed by atoms with Gasteiger partial charge in [-0.25, -0.2) is 4.63 Å². The van der Waals surface area contributed by atoms with Gasteiger partial charge in [-0.05, 0) is 10.3 Å². The van der Waals surface area contributed by atoms with Crippen LogP contribution in [0.5, 0.6) is 0 Å². The number of nitrogens with two attached hydrogens (primary N) is 1. The van der Waals surface area contributed by atoms with Crippen LogP contribution < -0.4 is 11.1 Å². The summed E-state index contributed by atoms with van der Waals surface area (Å²) in [5.74, 6) is -2.08. The lowest BCUT2D eigenvalue weighted by Crippen LogP contribution is -2.29. The Morgan fingerprint density at radius 2 is 2.23 bits per heavy atom. The molecule has 13 heavy (non-hydrogen) atoms. The highest BCUT2D eigenvalue weighted by Crippen LogP contribution is 2.02. The van der Waals surface area contributed by atoms with E-state index in [0.29, 0.717) is 0 Å². The molecule has 8 heteroatoms. The number of nitrogens with one attached hydrogen (secondary N) is 1. The number of carbonyl (C=O) groups excluding carboxylic acids is 1. The normalized spacial score (nSPS) is 9.54. The van der Waals surface area contributed by atoms with Crippen molar-refractivity contribution in [3.05, 3.63) is 5.69 Å². The van der Waals surface area contributed by atoms with E-state index in [-0.39, 0.29) is 11.5 Å². The summed E-state index contributed by atoms with van der Waals surface area (Å²) in [4.78, 5) is 21.1. The summed E-state index contributed by atoms with van der Waals surface area (Å²) in [5, 5.41) is 16.6. The number of nitrogen functional groups attached to an aromatic ring is 1. The Morgan fingerprint density at radius 3 is 2.69 bits per heavy atom. The maximum atomic E-state index is 11.0. The molecule has 1 rings (SSSR count). The van der Waals surface area contributed by atoms with Gasteiger partial charge in [-0.2, -0.15) is 0 Å². The van der Waals surface area contributed by atoms with E-state index in [9.17, 15) is 9.59 Å². The van der Waals surface area contributed by atoms with Gasteiger partial charge in [0, 0.05) is 0 Å². The second-order valence-corrected chi connectivity index (χ2v) is 2.07. The minimum atomic E-state index is -1.16. The van der Waals surface area contributed by atoms with Crippen LogP contribution in [0, 0.1) is 0 Å². The molecule has 4 N–H and O–H groups in total. The molecule has 0 unspecified atom stereocenters. The molecule has 0 fully saturated rings. The number of rotatable bonds is 3. The smallest absolute Gasteiger partial charge is 0.322 e. The van der Waals surface area contributed by atoms with Crippen molar-refractivity contribution >= 4 is 17.7 Å². The van der Waals surface area contributed by atoms with Crippen LogP contribution in [0.4, 0.5) is 5.82 Å². The van der Waals surface area contributed by atoms with Crippen LogP contribution in [0.25, 0.3) is 0 Å². The summed E-state index contributed by atoms with van der Waals surface area (Å²) in [7, 11) is 0. The highest BCUT2D eigenvalue weighted by atomic mass is 16.6. The highest BCUT2D eigenvalue weighted by molar-refractivity contribution is 5.97. The number of carbonyl (C=O) groups is 2. The predicted molar refractivity (Wildman–Crippen MR) is 38.7 cm³/mol. The summed E-state index contributed by atoms with van der Waals surface area (Å²) < 4.78 is 4.14. The molecule has 0 aliphatic carbocycles. The first-order valence-corrected chi connectivity index (χ1v) is 3.19. The van der Waals surface area contributed by atoms with Crippen molar-refractivity contribution in [3.8, 4) is 0 Å². The Morgan fingerprint density at radius 1 is 1.54 bits per heavy atom. The second kappa shape index (κ2) is 3.52. The predicted octanol–water partition coefficient (Wildman–Crippen LogP) is -1.53. The number of aromatic nitrogens is 2. The zero-order valence-electron chi connectivity index (χ0n) is 6.35. The van der Waals surface area contributed by atoms with E-state index in [1.807, 2.05) is 5.32 Å². The lowest BCUT2D eigenvalue weighted by molar-refractivity contribution is -0.135. The molecule has 1 heterocycles. The third-order valence-electron chi connectivity index (χ3n) is 1.13. The van der Waals surface area contributed by atoms with E-state index in [1.165, 1.54) is 0 Å². The van der Waals surface area contributed by atoms with Gasteiger partial charge >= 0.3 is 5.97 Å². The van der Waals surface area contributed by atoms with Crippen molar-refractivity contribution in [2.24, 2.45) is 0 Å². The molecule has 0 aliphatic heterocycles. The lowest BCUT2D eigenvalue weighted by Gasteiger charge is -1.96. The summed E-state index contributed by atoms with van der Waals surface area (Å²) in [6.45, 7) is -0.509. The van der Waals surface area contributed by atoms with Gasteiger partial charge < -0.3 is 16.2 Å². The molecule has 0 aliphatic rings. The Labute approximate surface area is 71.7 Å². The number of amides is 1. The van der Waals surface area contributed by atoms with E-state index in [4.69, 9.17) is 10.8 Å². The maximum Gasteiger partial charge on any atom is 0.322 e. The van der Waals surface area contributed by atoms with Crippen LogP contribution in [0.3, 0.4) is 0 Å². The largest absolute Gasteiger partial charge is 0.480 e. The number of aliphatic carboxylic acids is 1. The van der Waals surface area contributed by atoms with Crippen molar-refractivity contribution in [1.29, 1.82) is 0 Å². The van der Waals surface area contributed by atoms with Gasteiger partial charge in [-0.15, -0.1) is 0 Å². The maximum absolute atomic E-state index is 11.0. The molecule has 1 aromatic heterocycles. The monoisotopic (exact) mass is 186 g/mol. The number of hydrogen-bond acceptors (Lipinski definition) is 6. The van der Waals surface area contributed by atoms with Crippen LogP contribution in [0.15, 0.2) is 4.63 Å². The van der Waals surface area contributed by atoms with E-state index in [0.717, 1.165) is 0 Å². The molecule has 0 aromatic carbocycles. The molecule has 0 radical (unpaired) electrons. The summed E-state index contributed by atoms with van der Waals surface area (Å²) in [6, 6.07) is 0. The van der Waals surface area contributed by atoms with Crippen LogP contribution >= 0.6 is 0 Å². The summed E-state index contributed by atoms with van der Waals surface area (Å²) >= 11 is 0. The molecule has 0 saturated heterocycles. The number of carboxylic acids is 1. The van der Waals surface area contributed by atoms with Gasteiger partial charge in [0.15, 0.2) is 0 Å². The zero-order chi connectivity index (χ0) is 9.84. The Balaban J connectivity index is 2.59. The van der Waals surface area contributed by atoms with Crippen molar-refractivity contribution < 1.29 is 19.3 Å². The molecule has 0 bridgehead atoms. The number of anilines is 1. The molecular weight excluding hydrogens is 180 g/mol. The number of hydrogen-bond donors (Lipinski definition) is 3. The minimum Gasteiger partial charge on any atom is -0.480 e.